The average molecular weight is 305 g/mol. The Kier molecular flexibility index (Phi) is 4.70. The zero-order valence-electron chi connectivity index (χ0n) is 11.9. The SMILES string of the molecule is CCOC(=O)c1cccc(N)c1Nc1ccc(C)cc1Cl. The van der Waals surface area contributed by atoms with Crippen LogP contribution in [0.2, 0.25) is 5.02 Å². The summed E-state index contributed by atoms with van der Waals surface area (Å²) >= 11 is 6.21. The van der Waals surface area contributed by atoms with Crippen molar-refractivity contribution in [2.75, 3.05) is 17.7 Å². The molecule has 0 saturated heterocycles. The first-order chi connectivity index (χ1) is 10.0. The number of rotatable bonds is 4. The molecule has 4 nitrogen and oxygen atoms in total. The number of halogens is 1. The zero-order chi connectivity index (χ0) is 15.4. The van der Waals surface area contributed by atoms with Gasteiger partial charge in [-0.2, -0.15) is 0 Å². The molecule has 0 spiro atoms. The van der Waals surface area contributed by atoms with Crippen LogP contribution in [0.3, 0.4) is 0 Å². The van der Waals surface area contributed by atoms with Gasteiger partial charge in [0.25, 0.3) is 0 Å². The summed E-state index contributed by atoms with van der Waals surface area (Å²) in [6.07, 6.45) is 0. The van der Waals surface area contributed by atoms with E-state index in [1.807, 2.05) is 25.1 Å². The fraction of sp³-hybridized carbons (Fsp3) is 0.188. The van der Waals surface area contributed by atoms with Gasteiger partial charge in [-0.3, -0.25) is 0 Å². The van der Waals surface area contributed by atoms with E-state index in [1.54, 1.807) is 25.1 Å². The van der Waals surface area contributed by atoms with Crippen LogP contribution in [0, 0.1) is 6.92 Å². The lowest BCUT2D eigenvalue weighted by Crippen LogP contribution is -2.09. The van der Waals surface area contributed by atoms with Crippen molar-refractivity contribution in [3.05, 3.63) is 52.5 Å². The predicted octanol–water partition coefficient (Wildman–Crippen LogP) is 4.15. The number of carbonyl (C=O) groups excluding carboxylic acids is 1. The monoisotopic (exact) mass is 304 g/mol. The van der Waals surface area contributed by atoms with Crippen LogP contribution in [-0.4, -0.2) is 12.6 Å². The van der Waals surface area contributed by atoms with Crippen LogP contribution < -0.4 is 11.1 Å². The molecule has 0 aliphatic carbocycles. The summed E-state index contributed by atoms with van der Waals surface area (Å²) in [5, 5.41) is 3.68. The molecule has 0 unspecified atom stereocenters. The van der Waals surface area contributed by atoms with Gasteiger partial charge in [0.05, 0.1) is 34.3 Å². The summed E-state index contributed by atoms with van der Waals surface area (Å²) in [7, 11) is 0. The second kappa shape index (κ2) is 6.50. The van der Waals surface area contributed by atoms with Crippen LogP contribution in [0.25, 0.3) is 0 Å². The molecule has 0 atom stereocenters. The van der Waals surface area contributed by atoms with Crippen molar-refractivity contribution in [2.45, 2.75) is 13.8 Å². The molecule has 5 heteroatoms. The van der Waals surface area contributed by atoms with Crippen LogP contribution in [0.1, 0.15) is 22.8 Å². The van der Waals surface area contributed by atoms with E-state index in [-0.39, 0.29) is 0 Å². The fourth-order valence-electron chi connectivity index (χ4n) is 1.94. The summed E-state index contributed by atoms with van der Waals surface area (Å²) in [6.45, 7) is 4.02. The van der Waals surface area contributed by atoms with Gasteiger partial charge in [0.15, 0.2) is 0 Å². The van der Waals surface area contributed by atoms with Crippen LogP contribution >= 0.6 is 11.6 Å². The number of hydrogen-bond donors (Lipinski definition) is 2. The number of ether oxygens (including phenoxy) is 1. The van der Waals surface area contributed by atoms with E-state index in [4.69, 9.17) is 22.1 Å². The van der Waals surface area contributed by atoms with Gasteiger partial charge in [0.2, 0.25) is 0 Å². The molecule has 0 aromatic heterocycles. The third-order valence-electron chi connectivity index (χ3n) is 2.98. The lowest BCUT2D eigenvalue weighted by Gasteiger charge is -2.15. The van der Waals surface area contributed by atoms with Crippen molar-refractivity contribution >= 4 is 34.6 Å². The Morgan fingerprint density at radius 2 is 2.10 bits per heavy atom. The summed E-state index contributed by atoms with van der Waals surface area (Å²) < 4.78 is 5.04. The summed E-state index contributed by atoms with van der Waals surface area (Å²) in [5.41, 5.74) is 9.05. The minimum Gasteiger partial charge on any atom is -0.462 e. The third kappa shape index (κ3) is 3.47. The molecule has 3 N–H and O–H groups in total. The standard InChI is InChI=1S/C16H17ClN2O2/c1-3-21-16(20)11-5-4-6-13(18)15(11)19-14-8-7-10(2)9-12(14)17/h4-9,19H,3,18H2,1-2H3. The highest BCUT2D eigenvalue weighted by Gasteiger charge is 2.15. The second-order valence-electron chi connectivity index (χ2n) is 4.60. The highest BCUT2D eigenvalue weighted by molar-refractivity contribution is 6.33. The number of para-hydroxylation sites is 1. The molecular formula is C16H17ClN2O2. The number of nitrogens with one attached hydrogen (secondary N) is 1. The van der Waals surface area contributed by atoms with E-state index >= 15 is 0 Å². The molecule has 0 aliphatic heterocycles. The Hall–Kier alpha value is -2.20. The van der Waals surface area contributed by atoms with Gasteiger partial charge in [-0.1, -0.05) is 23.7 Å². The summed E-state index contributed by atoms with van der Waals surface area (Å²) in [5.74, 6) is -0.421. The zero-order valence-corrected chi connectivity index (χ0v) is 12.7. The molecule has 21 heavy (non-hydrogen) atoms. The highest BCUT2D eigenvalue weighted by atomic mass is 35.5. The topological polar surface area (TPSA) is 64.3 Å². The molecule has 110 valence electrons. The van der Waals surface area contributed by atoms with E-state index in [1.165, 1.54) is 0 Å². The van der Waals surface area contributed by atoms with Crippen molar-refractivity contribution in [2.24, 2.45) is 0 Å². The first kappa shape index (κ1) is 15.2. The number of hydrogen-bond acceptors (Lipinski definition) is 4. The van der Waals surface area contributed by atoms with E-state index in [2.05, 4.69) is 5.32 Å². The molecule has 2 aromatic rings. The van der Waals surface area contributed by atoms with E-state index in [0.717, 1.165) is 5.56 Å². The molecule has 2 rings (SSSR count). The van der Waals surface area contributed by atoms with Crippen molar-refractivity contribution in [1.82, 2.24) is 0 Å². The maximum absolute atomic E-state index is 12.0. The number of aryl methyl sites for hydroxylation is 1. The first-order valence-corrected chi connectivity index (χ1v) is 6.99. The summed E-state index contributed by atoms with van der Waals surface area (Å²) in [6, 6.07) is 10.7. The Labute approximate surface area is 128 Å². The first-order valence-electron chi connectivity index (χ1n) is 6.61. The molecule has 0 saturated carbocycles. The van der Waals surface area contributed by atoms with Gasteiger partial charge in [-0.25, -0.2) is 4.79 Å². The molecule has 0 amide bonds. The van der Waals surface area contributed by atoms with Crippen LogP contribution in [-0.2, 0) is 4.74 Å². The number of nitrogen functional groups attached to an aromatic ring is 1. The number of esters is 1. The molecule has 0 aliphatic rings. The van der Waals surface area contributed by atoms with Crippen molar-refractivity contribution < 1.29 is 9.53 Å². The molecule has 0 fully saturated rings. The van der Waals surface area contributed by atoms with Gasteiger partial charge in [0, 0.05) is 0 Å². The number of carbonyl (C=O) groups is 1. The predicted molar refractivity (Wildman–Crippen MR) is 86.3 cm³/mol. The van der Waals surface area contributed by atoms with Gasteiger partial charge < -0.3 is 15.8 Å². The molecule has 0 heterocycles. The lowest BCUT2D eigenvalue weighted by molar-refractivity contribution is 0.0527. The Bertz CT molecular complexity index is 671. The van der Waals surface area contributed by atoms with E-state index < -0.39 is 5.97 Å². The molecule has 0 radical (unpaired) electrons. The van der Waals surface area contributed by atoms with Gasteiger partial charge in [0.1, 0.15) is 0 Å². The largest absolute Gasteiger partial charge is 0.462 e. The van der Waals surface area contributed by atoms with Crippen molar-refractivity contribution in [3.63, 3.8) is 0 Å². The maximum atomic E-state index is 12.0. The Balaban J connectivity index is 2.41. The minimum absolute atomic E-state index is 0.304. The van der Waals surface area contributed by atoms with Crippen LogP contribution in [0.5, 0.6) is 0 Å². The van der Waals surface area contributed by atoms with Crippen LogP contribution in [0.15, 0.2) is 36.4 Å². The lowest BCUT2D eigenvalue weighted by atomic mass is 10.1. The number of anilines is 3. The summed E-state index contributed by atoms with van der Waals surface area (Å²) in [4.78, 5) is 12.0. The van der Waals surface area contributed by atoms with E-state index in [0.29, 0.717) is 34.3 Å². The average Bonchev–Trinajstić information content (AvgIpc) is 2.43. The fourth-order valence-corrected chi connectivity index (χ4v) is 2.23. The Morgan fingerprint density at radius 3 is 2.76 bits per heavy atom. The van der Waals surface area contributed by atoms with Gasteiger partial charge in [-0.05, 0) is 43.7 Å². The number of nitrogens with two attached hydrogens (primary N) is 1. The normalized spacial score (nSPS) is 10.2. The Morgan fingerprint density at radius 1 is 1.33 bits per heavy atom. The maximum Gasteiger partial charge on any atom is 0.340 e. The minimum atomic E-state index is -0.421. The van der Waals surface area contributed by atoms with Crippen molar-refractivity contribution in [3.8, 4) is 0 Å². The van der Waals surface area contributed by atoms with Gasteiger partial charge in [-0.15, -0.1) is 0 Å². The molecule has 0 bridgehead atoms. The van der Waals surface area contributed by atoms with Crippen molar-refractivity contribution in [1.29, 1.82) is 0 Å². The molecular weight excluding hydrogens is 288 g/mol. The van der Waals surface area contributed by atoms with Crippen LogP contribution in [0.4, 0.5) is 17.1 Å². The third-order valence-corrected chi connectivity index (χ3v) is 3.29. The smallest absolute Gasteiger partial charge is 0.340 e. The van der Waals surface area contributed by atoms with E-state index in [9.17, 15) is 4.79 Å². The second-order valence-corrected chi connectivity index (χ2v) is 5.01. The highest BCUT2D eigenvalue weighted by Crippen LogP contribution is 2.32. The molecule has 2 aromatic carbocycles. The quantitative estimate of drug-likeness (QED) is 0.658. The number of benzene rings is 2. The van der Waals surface area contributed by atoms with Gasteiger partial charge >= 0.3 is 5.97 Å².